The maximum atomic E-state index is 12.2. The van der Waals surface area contributed by atoms with Crippen LogP contribution in [0.15, 0.2) is 16.7 Å². The SMILES string of the molecule is CC1OCCC1(C)NC(=O)c1cc(Br)cn1C. The van der Waals surface area contributed by atoms with E-state index in [1.54, 1.807) is 0 Å². The molecule has 2 atom stereocenters. The van der Waals surface area contributed by atoms with E-state index in [-0.39, 0.29) is 17.6 Å². The van der Waals surface area contributed by atoms with E-state index in [1.807, 2.05) is 37.7 Å². The predicted octanol–water partition coefficient (Wildman–Crippen LogP) is 2.08. The van der Waals surface area contributed by atoms with Crippen molar-refractivity contribution in [1.29, 1.82) is 0 Å². The summed E-state index contributed by atoms with van der Waals surface area (Å²) in [5.74, 6) is -0.0574. The molecule has 1 aromatic rings. The van der Waals surface area contributed by atoms with Crippen LogP contribution in [0.3, 0.4) is 0 Å². The van der Waals surface area contributed by atoms with Crippen LogP contribution in [-0.4, -0.2) is 28.7 Å². The molecular formula is C12H17BrN2O2. The van der Waals surface area contributed by atoms with Gasteiger partial charge in [-0.05, 0) is 42.3 Å². The van der Waals surface area contributed by atoms with Crippen molar-refractivity contribution in [3.8, 4) is 0 Å². The zero-order valence-corrected chi connectivity index (χ0v) is 11.9. The molecule has 0 aliphatic carbocycles. The average molecular weight is 301 g/mol. The third-order valence-corrected chi connectivity index (χ3v) is 3.92. The fourth-order valence-corrected chi connectivity index (χ4v) is 2.60. The van der Waals surface area contributed by atoms with Gasteiger partial charge in [-0.1, -0.05) is 0 Å². The Morgan fingerprint density at radius 1 is 1.71 bits per heavy atom. The second kappa shape index (κ2) is 4.46. The molecule has 0 bridgehead atoms. The minimum atomic E-state index is -0.270. The van der Waals surface area contributed by atoms with E-state index in [2.05, 4.69) is 21.2 Å². The molecule has 1 amide bonds. The van der Waals surface area contributed by atoms with E-state index in [9.17, 15) is 4.79 Å². The van der Waals surface area contributed by atoms with Crippen LogP contribution >= 0.6 is 15.9 Å². The molecule has 0 radical (unpaired) electrons. The number of aromatic nitrogens is 1. The van der Waals surface area contributed by atoms with E-state index in [1.165, 1.54) is 0 Å². The van der Waals surface area contributed by atoms with Crippen LogP contribution in [0, 0.1) is 0 Å². The third-order valence-electron chi connectivity index (χ3n) is 3.49. The van der Waals surface area contributed by atoms with Crippen LogP contribution < -0.4 is 5.32 Å². The molecule has 1 fully saturated rings. The molecule has 2 rings (SSSR count). The molecule has 17 heavy (non-hydrogen) atoms. The van der Waals surface area contributed by atoms with Crippen LogP contribution in [0.1, 0.15) is 30.8 Å². The first-order valence-corrected chi connectivity index (χ1v) is 6.48. The van der Waals surface area contributed by atoms with Crippen molar-refractivity contribution in [2.45, 2.75) is 31.9 Å². The van der Waals surface area contributed by atoms with E-state index >= 15 is 0 Å². The van der Waals surface area contributed by atoms with Gasteiger partial charge in [0.15, 0.2) is 0 Å². The Hall–Kier alpha value is -0.810. The van der Waals surface area contributed by atoms with E-state index in [0.717, 1.165) is 10.9 Å². The van der Waals surface area contributed by atoms with Crippen LogP contribution in [0.4, 0.5) is 0 Å². The van der Waals surface area contributed by atoms with Gasteiger partial charge in [0, 0.05) is 24.3 Å². The van der Waals surface area contributed by atoms with Gasteiger partial charge in [-0.3, -0.25) is 4.79 Å². The highest BCUT2D eigenvalue weighted by Crippen LogP contribution is 2.25. The summed E-state index contributed by atoms with van der Waals surface area (Å²) in [4.78, 5) is 12.2. The lowest BCUT2D eigenvalue weighted by atomic mass is 9.94. The van der Waals surface area contributed by atoms with Gasteiger partial charge < -0.3 is 14.6 Å². The van der Waals surface area contributed by atoms with Crippen LogP contribution in [0.5, 0.6) is 0 Å². The highest BCUT2D eigenvalue weighted by Gasteiger charge is 2.38. The summed E-state index contributed by atoms with van der Waals surface area (Å²) in [6.07, 6.45) is 2.77. The number of hydrogen-bond acceptors (Lipinski definition) is 2. The zero-order valence-electron chi connectivity index (χ0n) is 10.3. The monoisotopic (exact) mass is 300 g/mol. The Labute approximate surface area is 109 Å². The first kappa shape index (κ1) is 12.6. The molecule has 0 spiro atoms. The molecule has 1 N–H and O–H groups in total. The highest BCUT2D eigenvalue weighted by molar-refractivity contribution is 9.10. The molecule has 1 saturated heterocycles. The normalized spacial score (nSPS) is 28.4. The summed E-state index contributed by atoms with van der Waals surface area (Å²) >= 11 is 3.36. The summed E-state index contributed by atoms with van der Waals surface area (Å²) in [5.41, 5.74) is 0.380. The molecule has 5 heteroatoms. The molecule has 4 nitrogen and oxygen atoms in total. The molecule has 94 valence electrons. The lowest BCUT2D eigenvalue weighted by molar-refractivity contribution is 0.0722. The summed E-state index contributed by atoms with van der Waals surface area (Å²) < 4.78 is 8.23. The average Bonchev–Trinajstić information content (AvgIpc) is 2.72. The third kappa shape index (κ3) is 2.40. The Morgan fingerprint density at radius 2 is 2.41 bits per heavy atom. The Kier molecular flexibility index (Phi) is 3.32. The number of rotatable bonds is 2. The molecule has 0 aromatic carbocycles. The lowest BCUT2D eigenvalue weighted by Crippen LogP contribution is -2.50. The van der Waals surface area contributed by atoms with Crippen molar-refractivity contribution >= 4 is 21.8 Å². The summed E-state index contributed by atoms with van der Waals surface area (Å²) in [5, 5.41) is 3.07. The largest absolute Gasteiger partial charge is 0.376 e. The van der Waals surface area contributed by atoms with Crippen LogP contribution in [0.2, 0.25) is 0 Å². The molecule has 1 aliphatic heterocycles. The lowest BCUT2D eigenvalue weighted by Gasteiger charge is -2.28. The van der Waals surface area contributed by atoms with Gasteiger partial charge in [0.1, 0.15) is 5.69 Å². The summed E-state index contributed by atoms with van der Waals surface area (Å²) in [7, 11) is 1.86. The van der Waals surface area contributed by atoms with Gasteiger partial charge >= 0.3 is 0 Å². The molecule has 2 heterocycles. The standard InChI is InChI=1S/C12H17BrN2O2/c1-8-12(2,4-5-17-8)14-11(16)10-6-9(13)7-15(10)3/h6-8H,4-5H2,1-3H3,(H,14,16). The molecular weight excluding hydrogens is 284 g/mol. The number of amides is 1. The van der Waals surface area contributed by atoms with Crippen LogP contribution in [0.25, 0.3) is 0 Å². The number of nitrogens with zero attached hydrogens (tertiary/aromatic N) is 1. The summed E-state index contributed by atoms with van der Waals surface area (Å²) in [6, 6.07) is 1.82. The van der Waals surface area contributed by atoms with Crippen molar-refractivity contribution in [1.82, 2.24) is 9.88 Å². The minimum Gasteiger partial charge on any atom is -0.376 e. The number of nitrogens with one attached hydrogen (secondary N) is 1. The van der Waals surface area contributed by atoms with E-state index < -0.39 is 0 Å². The number of hydrogen-bond donors (Lipinski definition) is 1. The second-order valence-electron chi connectivity index (χ2n) is 4.79. The second-order valence-corrected chi connectivity index (χ2v) is 5.70. The smallest absolute Gasteiger partial charge is 0.268 e. The number of carbonyl (C=O) groups is 1. The maximum absolute atomic E-state index is 12.2. The fraction of sp³-hybridized carbons (Fsp3) is 0.583. The molecule has 0 saturated carbocycles. The van der Waals surface area contributed by atoms with Crippen molar-refractivity contribution in [3.05, 3.63) is 22.4 Å². The van der Waals surface area contributed by atoms with Gasteiger partial charge in [0.2, 0.25) is 0 Å². The fourth-order valence-electron chi connectivity index (χ4n) is 2.07. The van der Waals surface area contributed by atoms with Crippen LogP contribution in [-0.2, 0) is 11.8 Å². The number of aryl methyl sites for hydroxylation is 1. The first-order valence-electron chi connectivity index (χ1n) is 5.68. The molecule has 1 aliphatic rings. The van der Waals surface area contributed by atoms with Crippen molar-refractivity contribution in [2.24, 2.45) is 7.05 Å². The Morgan fingerprint density at radius 3 is 2.88 bits per heavy atom. The first-order chi connectivity index (χ1) is 7.92. The topological polar surface area (TPSA) is 43.3 Å². The van der Waals surface area contributed by atoms with Gasteiger partial charge in [0.25, 0.3) is 5.91 Å². The molecule has 1 aromatic heterocycles. The number of halogens is 1. The number of carbonyl (C=O) groups excluding carboxylic acids is 1. The van der Waals surface area contributed by atoms with Crippen molar-refractivity contribution < 1.29 is 9.53 Å². The maximum Gasteiger partial charge on any atom is 0.268 e. The van der Waals surface area contributed by atoms with Gasteiger partial charge in [-0.25, -0.2) is 0 Å². The Bertz CT molecular complexity index is 444. The van der Waals surface area contributed by atoms with E-state index in [4.69, 9.17) is 4.74 Å². The van der Waals surface area contributed by atoms with Gasteiger partial charge in [0.05, 0.1) is 11.6 Å². The highest BCUT2D eigenvalue weighted by atomic mass is 79.9. The Balaban J connectivity index is 2.14. The van der Waals surface area contributed by atoms with Gasteiger partial charge in [-0.15, -0.1) is 0 Å². The predicted molar refractivity (Wildman–Crippen MR) is 69.0 cm³/mol. The van der Waals surface area contributed by atoms with E-state index in [0.29, 0.717) is 12.3 Å². The van der Waals surface area contributed by atoms with Crippen molar-refractivity contribution in [3.63, 3.8) is 0 Å². The molecule has 2 unspecified atom stereocenters. The van der Waals surface area contributed by atoms with Gasteiger partial charge in [-0.2, -0.15) is 0 Å². The quantitative estimate of drug-likeness (QED) is 0.909. The zero-order chi connectivity index (χ0) is 12.6. The van der Waals surface area contributed by atoms with Crippen molar-refractivity contribution in [2.75, 3.05) is 6.61 Å². The number of ether oxygens (including phenoxy) is 1. The minimum absolute atomic E-state index is 0.0511. The summed E-state index contributed by atoms with van der Waals surface area (Å²) in [6.45, 7) is 4.73.